The molecule has 1 aromatic rings. The molecule has 1 N–H and O–H groups in total. The Labute approximate surface area is 107 Å². The van der Waals surface area contributed by atoms with E-state index in [4.69, 9.17) is 0 Å². The Morgan fingerprint density at radius 1 is 1.44 bits per heavy atom. The normalized spacial score (nSPS) is 24.1. The summed E-state index contributed by atoms with van der Waals surface area (Å²) in [4.78, 5) is 12.7. The molecule has 2 rings (SSSR count). The van der Waals surface area contributed by atoms with E-state index in [2.05, 4.69) is 24.1 Å². The third-order valence-corrected chi connectivity index (χ3v) is 3.46. The maximum absolute atomic E-state index is 10.7. The molecule has 0 amide bonds. The molecule has 2 unspecified atom stereocenters. The number of hydrogen-bond donors (Lipinski definition) is 1. The van der Waals surface area contributed by atoms with Gasteiger partial charge in [0.15, 0.2) is 0 Å². The maximum Gasteiger partial charge on any atom is 0.269 e. The van der Waals surface area contributed by atoms with Crippen LogP contribution in [-0.4, -0.2) is 30.1 Å². The van der Waals surface area contributed by atoms with E-state index < -0.39 is 0 Å². The van der Waals surface area contributed by atoms with Crippen molar-refractivity contribution in [3.63, 3.8) is 0 Å². The van der Waals surface area contributed by atoms with Gasteiger partial charge >= 0.3 is 0 Å². The number of aryl methyl sites for hydroxylation is 1. The first-order valence-corrected chi connectivity index (χ1v) is 6.24. The van der Waals surface area contributed by atoms with Gasteiger partial charge in [-0.05, 0) is 32.4 Å². The first kappa shape index (κ1) is 12.8. The third kappa shape index (κ3) is 2.46. The zero-order valence-electron chi connectivity index (χ0n) is 11.0. The molecule has 1 fully saturated rings. The highest BCUT2D eigenvalue weighted by molar-refractivity contribution is 5.58. The second-order valence-corrected chi connectivity index (χ2v) is 5.04. The number of nitrogens with zero attached hydrogens (tertiary/aromatic N) is 2. The highest BCUT2D eigenvalue weighted by atomic mass is 16.6. The maximum atomic E-state index is 10.7. The predicted octanol–water partition coefficient (Wildman–Crippen LogP) is 2.09. The van der Waals surface area contributed by atoms with Crippen LogP contribution in [0.5, 0.6) is 0 Å². The van der Waals surface area contributed by atoms with Gasteiger partial charge in [0.1, 0.15) is 0 Å². The Balaban J connectivity index is 2.30. The van der Waals surface area contributed by atoms with Crippen molar-refractivity contribution in [2.45, 2.75) is 32.9 Å². The number of non-ortho nitro benzene ring substituents is 1. The molecule has 1 heterocycles. The molecule has 18 heavy (non-hydrogen) atoms. The van der Waals surface area contributed by atoms with Gasteiger partial charge in [-0.25, -0.2) is 0 Å². The molecule has 5 nitrogen and oxygen atoms in total. The summed E-state index contributed by atoms with van der Waals surface area (Å²) >= 11 is 0. The van der Waals surface area contributed by atoms with E-state index in [9.17, 15) is 10.1 Å². The third-order valence-electron chi connectivity index (χ3n) is 3.46. The molecule has 98 valence electrons. The van der Waals surface area contributed by atoms with Gasteiger partial charge in [-0.2, -0.15) is 0 Å². The monoisotopic (exact) mass is 249 g/mol. The Kier molecular flexibility index (Phi) is 3.52. The molecule has 5 heteroatoms. The van der Waals surface area contributed by atoms with E-state index in [1.165, 1.54) is 0 Å². The van der Waals surface area contributed by atoms with Crippen LogP contribution < -0.4 is 10.2 Å². The summed E-state index contributed by atoms with van der Waals surface area (Å²) in [7, 11) is 0. The lowest BCUT2D eigenvalue weighted by molar-refractivity contribution is -0.384. The number of nitro benzene ring substituents is 1. The number of benzene rings is 1. The van der Waals surface area contributed by atoms with E-state index in [-0.39, 0.29) is 10.6 Å². The zero-order valence-corrected chi connectivity index (χ0v) is 11.0. The zero-order chi connectivity index (χ0) is 13.3. The molecule has 0 aliphatic carbocycles. The lowest BCUT2D eigenvalue weighted by Gasteiger charge is -2.40. The summed E-state index contributed by atoms with van der Waals surface area (Å²) in [5.74, 6) is 0. The van der Waals surface area contributed by atoms with Gasteiger partial charge in [-0.3, -0.25) is 10.1 Å². The van der Waals surface area contributed by atoms with Gasteiger partial charge in [-0.1, -0.05) is 0 Å². The Bertz CT molecular complexity index is 462. The summed E-state index contributed by atoms with van der Waals surface area (Å²) in [6.45, 7) is 8.12. The molecule has 1 saturated heterocycles. The summed E-state index contributed by atoms with van der Waals surface area (Å²) in [6.07, 6.45) is 0. The molecule has 0 spiro atoms. The van der Waals surface area contributed by atoms with Crippen LogP contribution in [0.2, 0.25) is 0 Å². The largest absolute Gasteiger partial charge is 0.366 e. The Morgan fingerprint density at radius 2 is 2.17 bits per heavy atom. The van der Waals surface area contributed by atoms with Crippen molar-refractivity contribution in [1.82, 2.24) is 5.32 Å². The number of nitrogens with one attached hydrogen (secondary N) is 1. The Morgan fingerprint density at radius 3 is 2.78 bits per heavy atom. The smallest absolute Gasteiger partial charge is 0.269 e. The molecular formula is C13H19N3O2. The second-order valence-electron chi connectivity index (χ2n) is 5.04. The highest BCUT2D eigenvalue weighted by Crippen LogP contribution is 2.27. The summed E-state index contributed by atoms with van der Waals surface area (Å²) in [5, 5.41) is 14.2. The van der Waals surface area contributed by atoms with Crippen LogP contribution in [0.1, 0.15) is 19.4 Å². The lowest BCUT2D eigenvalue weighted by Crippen LogP contribution is -2.54. The van der Waals surface area contributed by atoms with Gasteiger partial charge in [-0.15, -0.1) is 0 Å². The van der Waals surface area contributed by atoms with Crippen LogP contribution in [0.3, 0.4) is 0 Å². The van der Waals surface area contributed by atoms with Crippen LogP contribution in [0, 0.1) is 17.0 Å². The number of hydrogen-bond acceptors (Lipinski definition) is 4. The second kappa shape index (κ2) is 4.94. The topological polar surface area (TPSA) is 58.4 Å². The minimum absolute atomic E-state index is 0.159. The fourth-order valence-electron chi connectivity index (χ4n) is 2.43. The first-order valence-electron chi connectivity index (χ1n) is 6.24. The molecule has 0 saturated carbocycles. The van der Waals surface area contributed by atoms with E-state index in [1.54, 1.807) is 12.1 Å². The fraction of sp³-hybridized carbons (Fsp3) is 0.538. The summed E-state index contributed by atoms with van der Waals surface area (Å²) in [6, 6.07) is 5.94. The SMILES string of the molecule is Cc1cc([N+](=O)[O-])ccc1N1CC(C)NCC1C. The number of nitro groups is 1. The van der Waals surface area contributed by atoms with Gasteiger partial charge < -0.3 is 10.2 Å². The molecular weight excluding hydrogens is 230 g/mol. The van der Waals surface area contributed by atoms with Gasteiger partial charge in [0.2, 0.25) is 0 Å². The van der Waals surface area contributed by atoms with Crippen LogP contribution >= 0.6 is 0 Å². The number of rotatable bonds is 2. The molecule has 1 aliphatic rings. The lowest BCUT2D eigenvalue weighted by atomic mass is 10.1. The van der Waals surface area contributed by atoms with E-state index in [1.807, 2.05) is 13.0 Å². The molecule has 1 aromatic carbocycles. The minimum Gasteiger partial charge on any atom is -0.366 e. The van der Waals surface area contributed by atoms with E-state index in [0.29, 0.717) is 12.1 Å². The summed E-state index contributed by atoms with van der Waals surface area (Å²) in [5.41, 5.74) is 2.22. The first-order chi connectivity index (χ1) is 8.49. The fourth-order valence-corrected chi connectivity index (χ4v) is 2.43. The molecule has 0 aromatic heterocycles. The van der Waals surface area contributed by atoms with Crippen molar-refractivity contribution >= 4 is 11.4 Å². The quantitative estimate of drug-likeness (QED) is 0.644. The van der Waals surface area contributed by atoms with Crippen LogP contribution in [0.25, 0.3) is 0 Å². The van der Waals surface area contributed by atoms with Crippen molar-refractivity contribution in [2.24, 2.45) is 0 Å². The van der Waals surface area contributed by atoms with Crippen LogP contribution in [-0.2, 0) is 0 Å². The van der Waals surface area contributed by atoms with Crippen molar-refractivity contribution < 1.29 is 4.92 Å². The van der Waals surface area contributed by atoms with E-state index >= 15 is 0 Å². The van der Waals surface area contributed by atoms with Crippen molar-refractivity contribution in [3.8, 4) is 0 Å². The minimum atomic E-state index is -0.347. The number of anilines is 1. The van der Waals surface area contributed by atoms with E-state index in [0.717, 1.165) is 24.3 Å². The van der Waals surface area contributed by atoms with Crippen molar-refractivity contribution in [2.75, 3.05) is 18.0 Å². The standard InChI is InChI=1S/C13H19N3O2/c1-9-6-12(16(17)18)4-5-13(9)15-8-10(2)14-7-11(15)3/h4-6,10-11,14H,7-8H2,1-3H3. The van der Waals surface area contributed by atoms with Crippen molar-refractivity contribution in [1.29, 1.82) is 0 Å². The van der Waals surface area contributed by atoms with Crippen molar-refractivity contribution in [3.05, 3.63) is 33.9 Å². The Hall–Kier alpha value is -1.62. The van der Waals surface area contributed by atoms with Gasteiger partial charge in [0.25, 0.3) is 5.69 Å². The summed E-state index contributed by atoms with van der Waals surface area (Å²) < 4.78 is 0. The van der Waals surface area contributed by atoms with Crippen LogP contribution in [0.4, 0.5) is 11.4 Å². The molecule has 0 radical (unpaired) electrons. The molecule has 2 atom stereocenters. The molecule has 0 bridgehead atoms. The van der Waals surface area contributed by atoms with Gasteiger partial charge in [0, 0.05) is 43.0 Å². The average Bonchev–Trinajstić information content (AvgIpc) is 2.32. The van der Waals surface area contributed by atoms with Crippen LogP contribution in [0.15, 0.2) is 18.2 Å². The number of piperazine rings is 1. The highest BCUT2D eigenvalue weighted by Gasteiger charge is 2.24. The molecule has 1 aliphatic heterocycles. The predicted molar refractivity (Wildman–Crippen MR) is 72.1 cm³/mol. The van der Waals surface area contributed by atoms with Gasteiger partial charge in [0.05, 0.1) is 4.92 Å². The average molecular weight is 249 g/mol.